The summed E-state index contributed by atoms with van der Waals surface area (Å²) in [5.41, 5.74) is 0. The molecule has 1 atom stereocenters. The molecule has 100 valence electrons. The minimum absolute atomic E-state index is 0.723. The van der Waals surface area contributed by atoms with E-state index in [1.165, 1.54) is 64.7 Å². The summed E-state index contributed by atoms with van der Waals surface area (Å²) < 4.78 is 0. The summed E-state index contributed by atoms with van der Waals surface area (Å²) >= 11 is 0. The van der Waals surface area contributed by atoms with Crippen molar-refractivity contribution < 1.29 is 0 Å². The first kappa shape index (κ1) is 13.4. The lowest BCUT2D eigenvalue weighted by Crippen LogP contribution is -2.42. The van der Waals surface area contributed by atoms with Gasteiger partial charge in [-0.05, 0) is 70.6 Å². The van der Waals surface area contributed by atoms with Crippen LogP contribution in [0.5, 0.6) is 0 Å². The van der Waals surface area contributed by atoms with Gasteiger partial charge in [-0.15, -0.1) is 0 Å². The number of hydrogen-bond acceptors (Lipinski definition) is 2. The van der Waals surface area contributed by atoms with Crippen LogP contribution in [0.1, 0.15) is 52.4 Å². The molecule has 1 aliphatic carbocycles. The molecule has 1 aliphatic heterocycles. The minimum Gasteiger partial charge on any atom is -0.314 e. The third-order valence-electron chi connectivity index (χ3n) is 4.61. The van der Waals surface area contributed by atoms with Gasteiger partial charge in [-0.1, -0.05) is 19.8 Å². The Morgan fingerprint density at radius 2 is 1.88 bits per heavy atom. The van der Waals surface area contributed by atoms with Crippen LogP contribution in [-0.2, 0) is 0 Å². The van der Waals surface area contributed by atoms with Gasteiger partial charge in [-0.2, -0.15) is 0 Å². The highest BCUT2D eigenvalue weighted by Crippen LogP contribution is 2.33. The first-order valence-electron chi connectivity index (χ1n) is 7.75. The first-order chi connectivity index (χ1) is 8.29. The molecule has 0 aromatic rings. The van der Waals surface area contributed by atoms with E-state index in [1.54, 1.807) is 0 Å². The van der Waals surface area contributed by atoms with Gasteiger partial charge in [0, 0.05) is 6.04 Å². The van der Waals surface area contributed by atoms with Crippen molar-refractivity contribution in [2.45, 2.75) is 58.4 Å². The van der Waals surface area contributed by atoms with E-state index < -0.39 is 0 Å². The molecule has 2 nitrogen and oxygen atoms in total. The number of piperidine rings is 1. The quantitative estimate of drug-likeness (QED) is 0.733. The topological polar surface area (TPSA) is 15.3 Å². The van der Waals surface area contributed by atoms with Crippen molar-refractivity contribution in [3.8, 4) is 0 Å². The number of rotatable bonds is 7. The molecular weight excluding hydrogens is 208 g/mol. The van der Waals surface area contributed by atoms with Crippen molar-refractivity contribution in [3.05, 3.63) is 0 Å². The molecule has 2 heteroatoms. The number of likely N-dealkylation sites (tertiary alicyclic amines) is 1. The monoisotopic (exact) mass is 238 g/mol. The van der Waals surface area contributed by atoms with Crippen molar-refractivity contribution in [1.82, 2.24) is 10.2 Å². The fraction of sp³-hybridized carbons (Fsp3) is 1.00. The average molecular weight is 238 g/mol. The summed E-state index contributed by atoms with van der Waals surface area (Å²) in [6.45, 7) is 9.86. The fourth-order valence-electron chi connectivity index (χ4n) is 2.99. The second kappa shape index (κ2) is 6.75. The standard InChI is InChI=1S/C15H30N2/c1-3-9-16-13(2)15-7-11-17(12-8-15)10-6-14-4-5-14/h13-16H,3-12H2,1-2H3. The Balaban J connectivity index is 1.59. The van der Waals surface area contributed by atoms with Crippen LogP contribution in [0.25, 0.3) is 0 Å². The van der Waals surface area contributed by atoms with Crippen molar-refractivity contribution in [2.24, 2.45) is 11.8 Å². The molecule has 0 bridgehead atoms. The van der Waals surface area contributed by atoms with E-state index in [0.29, 0.717) is 0 Å². The second-order valence-corrected chi connectivity index (χ2v) is 6.15. The van der Waals surface area contributed by atoms with Gasteiger partial charge in [-0.3, -0.25) is 0 Å². The largest absolute Gasteiger partial charge is 0.314 e. The minimum atomic E-state index is 0.723. The Labute approximate surface area is 107 Å². The van der Waals surface area contributed by atoms with Crippen LogP contribution in [0, 0.1) is 11.8 Å². The molecule has 1 unspecified atom stereocenters. The summed E-state index contributed by atoms with van der Waals surface area (Å²) in [6, 6.07) is 0.723. The van der Waals surface area contributed by atoms with Gasteiger partial charge in [0.1, 0.15) is 0 Å². The summed E-state index contributed by atoms with van der Waals surface area (Å²) in [7, 11) is 0. The van der Waals surface area contributed by atoms with E-state index in [9.17, 15) is 0 Å². The number of nitrogens with one attached hydrogen (secondary N) is 1. The fourth-order valence-corrected chi connectivity index (χ4v) is 2.99. The zero-order valence-electron chi connectivity index (χ0n) is 11.8. The van der Waals surface area contributed by atoms with Crippen LogP contribution in [0.4, 0.5) is 0 Å². The predicted octanol–water partition coefficient (Wildman–Crippen LogP) is 2.89. The van der Waals surface area contributed by atoms with Crippen LogP contribution in [0.15, 0.2) is 0 Å². The summed E-state index contributed by atoms with van der Waals surface area (Å²) in [5.74, 6) is 2.01. The van der Waals surface area contributed by atoms with Gasteiger partial charge in [0.05, 0.1) is 0 Å². The molecule has 0 spiro atoms. The highest BCUT2D eigenvalue weighted by atomic mass is 15.1. The molecule has 2 aliphatic rings. The molecule has 0 aromatic heterocycles. The maximum atomic E-state index is 3.66. The Kier molecular flexibility index (Phi) is 5.30. The molecule has 2 rings (SSSR count). The van der Waals surface area contributed by atoms with E-state index in [-0.39, 0.29) is 0 Å². The Morgan fingerprint density at radius 3 is 2.47 bits per heavy atom. The molecule has 1 saturated heterocycles. The molecule has 17 heavy (non-hydrogen) atoms. The lowest BCUT2D eigenvalue weighted by atomic mass is 9.90. The lowest BCUT2D eigenvalue weighted by Gasteiger charge is -2.35. The molecule has 0 amide bonds. The van der Waals surface area contributed by atoms with Crippen molar-refractivity contribution in [2.75, 3.05) is 26.2 Å². The molecule has 1 saturated carbocycles. The van der Waals surface area contributed by atoms with Crippen LogP contribution < -0.4 is 5.32 Å². The number of hydrogen-bond donors (Lipinski definition) is 1. The predicted molar refractivity (Wildman–Crippen MR) is 74.3 cm³/mol. The maximum absolute atomic E-state index is 3.66. The third-order valence-corrected chi connectivity index (χ3v) is 4.61. The summed E-state index contributed by atoms with van der Waals surface area (Å²) in [4.78, 5) is 2.70. The van der Waals surface area contributed by atoms with Gasteiger partial charge in [-0.25, -0.2) is 0 Å². The lowest BCUT2D eigenvalue weighted by molar-refractivity contribution is 0.159. The van der Waals surface area contributed by atoms with Crippen LogP contribution >= 0.6 is 0 Å². The zero-order chi connectivity index (χ0) is 12.1. The van der Waals surface area contributed by atoms with E-state index in [1.807, 2.05) is 0 Å². The summed E-state index contributed by atoms with van der Waals surface area (Å²) in [6.07, 6.45) is 8.55. The second-order valence-electron chi connectivity index (χ2n) is 6.15. The Bertz CT molecular complexity index is 205. The SMILES string of the molecule is CCCNC(C)C1CCN(CCC2CC2)CC1. The van der Waals surface area contributed by atoms with Gasteiger partial charge < -0.3 is 10.2 Å². The van der Waals surface area contributed by atoms with Crippen molar-refractivity contribution in [1.29, 1.82) is 0 Å². The first-order valence-corrected chi connectivity index (χ1v) is 7.75. The van der Waals surface area contributed by atoms with Gasteiger partial charge >= 0.3 is 0 Å². The average Bonchev–Trinajstić information content (AvgIpc) is 3.18. The van der Waals surface area contributed by atoms with Crippen LogP contribution in [0.3, 0.4) is 0 Å². The molecule has 0 aromatic carbocycles. The zero-order valence-corrected chi connectivity index (χ0v) is 11.8. The van der Waals surface area contributed by atoms with Crippen molar-refractivity contribution in [3.63, 3.8) is 0 Å². The highest BCUT2D eigenvalue weighted by Gasteiger charge is 2.25. The highest BCUT2D eigenvalue weighted by molar-refractivity contribution is 4.81. The van der Waals surface area contributed by atoms with E-state index in [4.69, 9.17) is 0 Å². The van der Waals surface area contributed by atoms with Gasteiger partial charge in [0.2, 0.25) is 0 Å². The van der Waals surface area contributed by atoms with Crippen LogP contribution in [0.2, 0.25) is 0 Å². The number of nitrogens with zero attached hydrogens (tertiary/aromatic N) is 1. The van der Waals surface area contributed by atoms with Crippen molar-refractivity contribution >= 4 is 0 Å². The van der Waals surface area contributed by atoms with Gasteiger partial charge in [0.15, 0.2) is 0 Å². The van der Waals surface area contributed by atoms with Gasteiger partial charge in [0.25, 0.3) is 0 Å². The molecule has 1 N–H and O–H groups in total. The molecular formula is C15H30N2. The Morgan fingerprint density at radius 1 is 1.18 bits per heavy atom. The summed E-state index contributed by atoms with van der Waals surface area (Å²) in [5, 5.41) is 3.66. The van der Waals surface area contributed by atoms with E-state index in [2.05, 4.69) is 24.1 Å². The Hall–Kier alpha value is -0.0800. The molecule has 0 radical (unpaired) electrons. The maximum Gasteiger partial charge on any atom is 0.00679 e. The third kappa shape index (κ3) is 4.59. The van der Waals surface area contributed by atoms with E-state index in [0.717, 1.165) is 17.9 Å². The smallest absolute Gasteiger partial charge is 0.00679 e. The molecule has 2 fully saturated rings. The van der Waals surface area contributed by atoms with E-state index >= 15 is 0 Å². The molecule has 1 heterocycles. The van der Waals surface area contributed by atoms with Crippen LogP contribution in [-0.4, -0.2) is 37.1 Å². The normalized spacial score (nSPS) is 25.1.